The lowest BCUT2D eigenvalue weighted by atomic mass is 9.86. The minimum Gasteiger partial charge on any atom is -0.466 e. The van der Waals surface area contributed by atoms with Gasteiger partial charge in [0.05, 0.1) is 32.5 Å². The number of ether oxygens (including phenoxy) is 2. The van der Waals surface area contributed by atoms with E-state index in [2.05, 4.69) is 11.7 Å². The van der Waals surface area contributed by atoms with E-state index in [0.29, 0.717) is 12.8 Å². The smallest absolute Gasteiger partial charge is 0.460 e. The highest BCUT2D eigenvalue weighted by atomic mass is 19.4. The van der Waals surface area contributed by atoms with E-state index in [9.17, 15) is 102 Å². The van der Waals surface area contributed by atoms with Crippen LogP contribution < -0.4 is 0 Å². The summed E-state index contributed by atoms with van der Waals surface area (Å²) in [5.74, 6) is -80.7. The number of esters is 2. The Morgan fingerprint density at radius 1 is 0.317 bits per heavy atom. The zero-order chi connectivity index (χ0) is 49.2. The van der Waals surface area contributed by atoms with Crippen molar-refractivity contribution < 1.29 is 111 Å². The number of hydrogen-bond donors (Lipinski definition) is 0. The fourth-order valence-electron chi connectivity index (χ4n) is 5.93. The van der Waals surface area contributed by atoms with Gasteiger partial charge in [0.2, 0.25) is 0 Å². The van der Waals surface area contributed by atoms with Crippen LogP contribution in [-0.2, 0) is 19.1 Å². The summed E-state index contributed by atoms with van der Waals surface area (Å²) in [4.78, 5) is 23.5. The lowest BCUT2D eigenvalue weighted by Gasteiger charge is -2.44. The minimum absolute atomic E-state index is 0.127. The van der Waals surface area contributed by atoms with Crippen LogP contribution in [0.4, 0.5) is 92.2 Å². The van der Waals surface area contributed by atoms with Gasteiger partial charge >= 0.3 is 71.4 Å². The standard InChI is InChI=1S/C38H53F21O4/c1-2-3-4-5-6-7-8-9-10-11-12-13-14-15-16-17-18-19-20-21-25-62-27(60)22-23-28(61)63-26-24-29(39,40)30(41,42)31(43,44)32(45,46)33(47,48)34(49,50)35(51,52)36(53,54)37(55,56)38(57,58)59/h2-26H2,1H3. The number of halogens is 21. The van der Waals surface area contributed by atoms with Gasteiger partial charge in [-0.1, -0.05) is 129 Å². The first-order valence-corrected chi connectivity index (χ1v) is 20.4. The van der Waals surface area contributed by atoms with Crippen LogP contribution >= 0.6 is 0 Å². The molecule has 0 spiro atoms. The minimum atomic E-state index is -9.25. The zero-order valence-electron chi connectivity index (χ0n) is 34.2. The fraction of sp³-hybridized carbons (Fsp3) is 0.947. The molecular weight excluding hydrogens is 919 g/mol. The highest BCUT2D eigenvalue weighted by Crippen LogP contribution is 2.66. The maximum atomic E-state index is 14.1. The molecule has 0 aromatic carbocycles. The number of carbonyl (C=O) groups is 2. The quantitative estimate of drug-likeness (QED) is 0.0361. The van der Waals surface area contributed by atoms with Crippen molar-refractivity contribution in [2.75, 3.05) is 13.2 Å². The van der Waals surface area contributed by atoms with Crippen molar-refractivity contribution in [2.24, 2.45) is 0 Å². The number of rotatable bonds is 35. The van der Waals surface area contributed by atoms with Crippen LogP contribution in [0.15, 0.2) is 0 Å². The van der Waals surface area contributed by atoms with Crippen LogP contribution in [0.2, 0.25) is 0 Å². The van der Waals surface area contributed by atoms with Gasteiger partial charge in [0.25, 0.3) is 0 Å². The molecule has 0 unspecified atom stereocenters. The van der Waals surface area contributed by atoms with Crippen LogP contribution in [0.1, 0.15) is 155 Å². The average Bonchev–Trinajstić information content (AvgIpc) is 3.16. The van der Waals surface area contributed by atoms with Gasteiger partial charge in [0.15, 0.2) is 0 Å². The number of hydrogen-bond acceptors (Lipinski definition) is 4. The van der Waals surface area contributed by atoms with Crippen LogP contribution in [0.5, 0.6) is 0 Å². The molecule has 0 rings (SSSR count). The van der Waals surface area contributed by atoms with Crippen LogP contribution in [0, 0.1) is 0 Å². The van der Waals surface area contributed by atoms with Crippen molar-refractivity contribution in [2.45, 2.75) is 214 Å². The Balaban J connectivity index is 4.75. The highest BCUT2D eigenvalue weighted by Gasteiger charge is 2.97. The Labute approximate surface area is 350 Å². The molecule has 0 radical (unpaired) electrons. The fourth-order valence-corrected chi connectivity index (χ4v) is 5.93. The first kappa shape index (κ1) is 60.5. The number of alkyl halides is 21. The molecule has 63 heavy (non-hydrogen) atoms. The van der Waals surface area contributed by atoms with E-state index in [4.69, 9.17) is 4.74 Å². The first-order valence-electron chi connectivity index (χ1n) is 20.4. The third-order valence-corrected chi connectivity index (χ3v) is 10.0. The molecule has 25 heteroatoms. The molecular formula is C38H53F21O4. The molecule has 0 aromatic heterocycles. The van der Waals surface area contributed by atoms with E-state index >= 15 is 0 Å². The molecule has 0 saturated carbocycles. The Bertz CT molecular complexity index is 1340. The maximum absolute atomic E-state index is 14.1. The van der Waals surface area contributed by atoms with Gasteiger partial charge in [0, 0.05) is 0 Å². The zero-order valence-corrected chi connectivity index (χ0v) is 34.2. The molecule has 0 aromatic rings. The summed E-state index contributed by atoms with van der Waals surface area (Å²) in [7, 11) is 0. The number of carbonyl (C=O) groups excluding carboxylic acids is 2. The average molecular weight is 973 g/mol. The second kappa shape index (κ2) is 24.8. The van der Waals surface area contributed by atoms with E-state index in [1.54, 1.807) is 0 Å². The third kappa shape index (κ3) is 15.3. The van der Waals surface area contributed by atoms with Crippen molar-refractivity contribution in [3.8, 4) is 0 Å². The normalized spacial score (nSPS) is 14.3. The SMILES string of the molecule is CCCCCCCCCCCCCCCCCCCCCCOC(=O)CCC(=O)OCCC(F)(F)C(F)(F)C(F)(F)C(F)(F)C(F)(F)C(F)(F)C(F)(F)C(F)(F)C(F)(F)C(F)(F)F. The monoisotopic (exact) mass is 972 g/mol. The lowest BCUT2D eigenvalue weighted by molar-refractivity contribution is -0.474. The van der Waals surface area contributed by atoms with Gasteiger partial charge in [-0.05, 0) is 6.42 Å². The molecule has 0 aliphatic heterocycles. The van der Waals surface area contributed by atoms with E-state index in [1.807, 2.05) is 0 Å². The molecule has 0 saturated heterocycles. The van der Waals surface area contributed by atoms with Crippen molar-refractivity contribution in [1.82, 2.24) is 0 Å². The van der Waals surface area contributed by atoms with E-state index in [-0.39, 0.29) is 6.61 Å². The molecule has 4 nitrogen and oxygen atoms in total. The van der Waals surface area contributed by atoms with E-state index in [0.717, 1.165) is 38.5 Å². The largest absolute Gasteiger partial charge is 0.466 e. The Kier molecular flexibility index (Phi) is 23.8. The summed E-state index contributed by atoms with van der Waals surface area (Å²) in [6, 6.07) is 0. The predicted octanol–water partition coefficient (Wildman–Crippen LogP) is 15.3. The van der Waals surface area contributed by atoms with Gasteiger partial charge < -0.3 is 9.47 Å². The summed E-state index contributed by atoms with van der Waals surface area (Å²) >= 11 is 0. The second-order valence-corrected chi connectivity index (χ2v) is 15.2. The summed E-state index contributed by atoms with van der Waals surface area (Å²) in [6.45, 7) is -0.139. The van der Waals surface area contributed by atoms with E-state index in [1.165, 1.54) is 77.0 Å². The summed E-state index contributed by atoms with van der Waals surface area (Å²) < 4.78 is 292. The molecule has 0 fully saturated rings. The van der Waals surface area contributed by atoms with Crippen molar-refractivity contribution in [3.63, 3.8) is 0 Å². The summed E-state index contributed by atoms with van der Waals surface area (Å²) in [5, 5.41) is 0. The summed E-state index contributed by atoms with van der Waals surface area (Å²) in [5.41, 5.74) is 0. The summed E-state index contributed by atoms with van der Waals surface area (Å²) in [6.07, 6.45) is 9.36. The Hall–Kier alpha value is -2.53. The van der Waals surface area contributed by atoms with Gasteiger partial charge in [-0.25, -0.2) is 0 Å². The molecule has 0 atom stereocenters. The Morgan fingerprint density at radius 2 is 0.556 bits per heavy atom. The lowest BCUT2D eigenvalue weighted by Crippen LogP contribution is -2.76. The van der Waals surface area contributed by atoms with Gasteiger partial charge in [-0.2, -0.15) is 92.2 Å². The van der Waals surface area contributed by atoms with Gasteiger partial charge in [0.1, 0.15) is 0 Å². The molecule has 376 valence electrons. The molecule has 0 amide bonds. The van der Waals surface area contributed by atoms with Crippen LogP contribution in [-0.4, -0.2) is 84.6 Å². The highest BCUT2D eigenvalue weighted by molar-refractivity contribution is 5.77. The van der Waals surface area contributed by atoms with Crippen molar-refractivity contribution in [3.05, 3.63) is 0 Å². The van der Waals surface area contributed by atoms with Crippen LogP contribution in [0.25, 0.3) is 0 Å². The molecule has 0 heterocycles. The van der Waals surface area contributed by atoms with Gasteiger partial charge in [-0.15, -0.1) is 0 Å². The Morgan fingerprint density at radius 3 is 0.841 bits per heavy atom. The molecule has 0 aliphatic carbocycles. The second-order valence-electron chi connectivity index (χ2n) is 15.2. The topological polar surface area (TPSA) is 52.6 Å². The van der Waals surface area contributed by atoms with Crippen molar-refractivity contribution >= 4 is 11.9 Å². The molecule has 0 bridgehead atoms. The maximum Gasteiger partial charge on any atom is 0.460 e. The van der Waals surface area contributed by atoms with Crippen LogP contribution in [0.3, 0.4) is 0 Å². The molecule has 0 N–H and O–H groups in total. The first-order chi connectivity index (χ1) is 28.6. The van der Waals surface area contributed by atoms with Gasteiger partial charge in [-0.3, -0.25) is 9.59 Å². The molecule has 0 aliphatic rings. The number of unbranched alkanes of at least 4 members (excludes halogenated alkanes) is 19. The van der Waals surface area contributed by atoms with Crippen molar-refractivity contribution in [1.29, 1.82) is 0 Å². The third-order valence-electron chi connectivity index (χ3n) is 10.0. The predicted molar refractivity (Wildman–Crippen MR) is 184 cm³/mol. The van der Waals surface area contributed by atoms with E-state index < -0.39 is 97.3 Å².